The molecule has 0 atom stereocenters. The van der Waals surface area contributed by atoms with E-state index in [0.29, 0.717) is 21.0 Å². The molecule has 0 saturated heterocycles. The maximum atomic E-state index is 13.4. The van der Waals surface area contributed by atoms with E-state index in [1.807, 2.05) is 0 Å². The summed E-state index contributed by atoms with van der Waals surface area (Å²) in [7, 11) is 0. The molecule has 0 saturated carbocycles. The Morgan fingerprint density at radius 2 is 2.09 bits per heavy atom. The number of nitrogens with zero attached hydrogens (tertiary/aromatic N) is 5. The highest BCUT2D eigenvalue weighted by atomic mass is 79.9. The van der Waals surface area contributed by atoms with E-state index in [1.165, 1.54) is 24.0 Å². The molecular formula is C19H13BrClF3N6O2. The number of aromatic nitrogens is 5. The van der Waals surface area contributed by atoms with Gasteiger partial charge in [-0.05, 0) is 47.1 Å². The van der Waals surface area contributed by atoms with Crippen molar-refractivity contribution >= 4 is 44.8 Å². The summed E-state index contributed by atoms with van der Waals surface area (Å²) in [6, 6.07) is 7.67. The van der Waals surface area contributed by atoms with E-state index in [-0.39, 0.29) is 28.2 Å². The van der Waals surface area contributed by atoms with Crippen LogP contribution in [0.2, 0.25) is 5.02 Å². The number of anilines is 1. The summed E-state index contributed by atoms with van der Waals surface area (Å²) in [6.45, 7) is 1.47. The minimum Gasteiger partial charge on any atom is -0.471 e. The van der Waals surface area contributed by atoms with Crippen LogP contribution in [0.5, 0.6) is 5.75 Å². The molecular weight excluding hydrogens is 517 g/mol. The number of halogens is 5. The van der Waals surface area contributed by atoms with Gasteiger partial charge in [0.25, 0.3) is 5.91 Å². The predicted molar refractivity (Wildman–Crippen MR) is 113 cm³/mol. The van der Waals surface area contributed by atoms with Crippen LogP contribution in [0, 0.1) is 6.92 Å². The Morgan fingerprint density at radius 3 is 2.81 bits per heavy atom. The molecule has 0 radical (unpaired) electrons. The van der Waals surface area contributed by atoms with Crippen LogP contribution in [0.4, 0.5) is 18.9 Å². The number of aryl methyl sites for hydroxylation is 1. The van der Waals surface area contributed by atoms with E-state index in [0.717, 1.165) is 6.07 Å². The first kappa shape index (κ1) is 22.1. The van der Waals surface area contributed by atoms with Crippen LogP contribution in [-0.4, -0.2) is 30.3 Å². The van der Waals surface area contributed by atoms with Crippen LogP contribution in [0.1, 0.15) is 21.9 Å². The molecule has 1 amide bonds. The average molecular weight is 530 g/mol. The lowest BCUT2D eigenvalue weighted by atomic mass is 10.3. The van der Waals surface area contributed by atoms with Crippen molar-refractivity contribution in [2.24, 2.45) is 0 Å². The first-order chi connectivity index (χ1) is 15.1. The maximum absolute atomic E-state index is 13.4. The van der Waals surface area contributed by atoms with Gasteiger partial charge in [-0.1, -0.05) is 17.7 Å². The molecule has 0 aliphatic rings. The third-order valence-corrected chi connectivity index (χ3v) is 5.18. The van der Waals surface area contributed by atoms with Gasteiger partial charge in [-0.15, -0.1) is 0 Å². The van der Waals surface area contributed by atoms with Gasteiger partial charge in [0.1, 0.15) is 11.4 Å². The van der Waals surface area contributed by atoms with E-state index < -0.39 is 17.8 Å². The Labute approximate surface area is 192 Å². The van der Waals surface area contributed by atoms with Gasteiger partial charge in [0.2, 0.25) is 0 Å². The summed E-state index contributed by atoms with van der Waals surface area (Å²) in [4.78, 5) is 16.7. The largest absolute Gasteiger partial charge is 0.471 e. The minimum absolute atomic E-state index is 0.0425. The fourth-order valence-corrected chi connectivity index (χ4v) is 3.54. The second kappa shape index (κ2) is 8.43. The lowest BCUT2D eigenvalue weighted by molar-refractivity contribution is -0.142. The van der Waals surface area contributed by atoms with Crippen LogP contribution in [-0.2, 0) is 12.9 Å². The molecule has 32 heavy (non-hydrogen) atoms. The van der Waals surface area contributed by atoms with Crippen molar-refractivity contribution in [1.82, 2.24) is 24.4 Å². The van der Waals surface area contributed by atoms with Crippen molar-refractivity contribution in [2.45, 2.75) is 19.8 Å². The average Bonchev–Trinajstić information content (AvgIpc) is 3.30. The normalized spacial score (nSPS) is 11.7. The van der Waals surface area contributed by atoms with Crippen molar-refractivity contribution in [2.75, 3.05) is 5.32 Å². The molecule has 0 bridgehead atoms. The molecule has 1 aromatic carbocycles. The monoisotopic (exact) mass is 528 g/mol. The van der Waals surface area contributed by atoms with Gasteiger partial charge in [0.05, 0.1) is 22.6 Å². The molecule has 0 spiro atoms. The van der Waals surface area contributed by atoms with E-state index in [1.54, 1.807) is 24.3 Å². The maximum Gasteiger partial charge on any atom is 0.433 e. The highest BCUT2D eigenvalue weighted by Gasteiger charge is 2.36. The highest BCUT2D eigenvalue weighted by molar-refractivity contribution is 9.10. The molecule has 4 aromatic rings. The molecule has 4 rings (SSSR count). The number of rotatable bonds is 5. The zero-order valence-electron chi connectivity index (χ0n) is 16.2. The predicted octanol–water partition coefficient (Wildman–Crippen LogP) is 4.96. The van der Waals surface area contributed by atoms with Gasteiger partial charge < -0.3 is 10.1 Å². The van der Waals surface area contributed by atoms with Gasteiger partial charge in [0, 0.05) is 10.7 Å². The van der Waals surface area contributed by atoms with Gasteiger partial charge in [-0.2, -0.15) is 23.4 Å². The molecule has 0 fully saturated rings. The van der Waals surface area contributed by atoms with Crippen LogP contribution in [0.15, 0.2) is 47.2 Å². The van der Waals surface area contributed by atoms with Crippen LogP contribution >= 0.6 is 27.5 Å². The van der Waals surface area contributed by atoms with E-state index in [2.05, 4.69) is 36.4 Å². The Hall–Kier alpha value is -3.12. The van der Waals surface area contributed by atoms with Crippen LogP contribution in [0.25, 0.3) is 5.65 Å². The molecule has 8 nitrogen and oxygen atoms in total. The summed E-state index contributed by atoms with van der Waals surface area (Å²) in [5.74, 6) is -0.195. The van der Waals surface area contributed by atoms with E-state index >= 15 is 0 Å². The van der Waals surface area contributed by atoms with Crippen molar-refractivity contribution in [3.8, 4) is 5.75 Å². The number of nitrogens with one attached hydrogen (secondary N) is 1. The number of carbonyl (C=O) groups excluding carboxylic acids is 1. The number of alkyl halides is 3. The second-order valence-corrected chi connectivity index (χ2v) is 7.86. The molecule has 13 heteroatoms. The first-order valence-corrected chi connectivity index (χ1v) is 10.1. The Bertz CT molecular complexity index is 1320. The zero-order chi connectivity index (χ0) is 23.0. The van der Waals surface area contributed by atoms with E-state index in [9.17, 15) is 18.0 Å². The fraction of sp³-hybridized carbons (Fsp3) is 0.158. The van der Waals surface area contributed by atoms with Crippen molar-refractivity contribution in [1.29, 1.82) is 0 Å². The number of amides is 1. The fourth-order valence-electron chi connectivity index (χ4n) is 2.85. The molecule has 1 N–H and O–H groups in total. The van der Waals surface area contributed by atoms with Crippen LogP contribution in [0.3, 0.4) is 0 Å². The summed E-state index contributed by atoms with van der Waals surface area (Å²) in [5, 5.41) is 11.0. The summed E-state index contributed by atoms with van der Waals surface area (Å²) < 4.78 is 47.7. The van der Waals surface area contributed by atoms with Crippen molar-refractivity contribution in [3.05, 3.63) is 69.3 Å². The lowest BCUT2D eigenvalue weighted by Crippen LogP contribution is -2.15. The number of hydrogen-bond donors (Lipinski definition) is 1. The third-order valence-electron chi connectivity index (χ3n) is 4.22. The summed E-state index contributed by atoms with van der Waals surface area (Å²) >= 11 is 9.04. The standard InChI is InChI=1S/C19H13BrClF3N6O2/c1-10-5-14(19(22,23)24)30-17(26-10)15(20)16(28-30)18(31)27-12-7-25-29(8-12)9-32-13-4-2-3-11(21)6-13/h2-8H,9H2,1H3,(H,27,31). The number of hydrogen-bond acceptors (Lipinski definition) is 5. The van der Waals surface area contributed by atoms with Gasteiger partial charge in [-0.3, -0.25) is 4.79 Å². The molecule has 0 unspecified atom stereocenters. The number of benzene rings is 1. The molecule has 3 aromatic heterocycles. The van der Waals surface area contributed by atoms with E-state index in [4.69, 9.17) is 16.3 Å². The Kier molecular flexibility index (Phi) is 5.82. The van der Waals surface area contributed by atoms with Crippen molar-refractivity contribution < 1.29 is 22.7 Å². The first-order valence-electron chi connectivity index (χ1n) is 8.97. The Morgan fingerprint density at radius 1 is 1.31 bits per heavy atom. The lowest BCUT2D eigenvalue weighted by Gasteiger charge is -2.09. The Balaban J connectivity index is 1.53. The summed E-state index contributed by atoms with van der Waals surface area (Å²) in [6.07, 6.45) is -1.81. The van der Waals surface area contributed by atoms with Crippen molar-refractivity contribution in [3.63, 3.8) is 0 Å². The molecule has 166 valence electrons. The quantitative estimate of drug-likeness (QED) is 0.395. The molecule has 3 heterocycles. The molecule has 0 aliphatic carbocycles. The minimum atomic E-state index is -4.67. The SMILES string of the molecule is Cc1cc(C(F)(F)F)n2nc(C(=O)Nc3cnn(COc4cccc(Cl)c4)c3)c(Br)c2n1. The highest BCUT2D eigenvalue weighted by Crippen LogP contribution is 2.32. The zero-order valence-corrected chi connectivity index (χ0v) is 18.5. The van der Waals surface area contributed by atoms with Gasteiger partial charge in [-0.25, -0.2) is 14.2 Å². The number of fused-ring (bicyclic) bond motifs is 1. The smallest absolute Gasteiger partial charge is 0.433 e. The van der Waals surface area contributed by atoms with Gasteiger partial charge >= 0.3 is 6.18 Å². The number of carbonyl (C=O) groups is 1. The second-order valence-electron chi connectivity index (χ2n) is 6.63. The third kappa shape index (κ3) is 4.55. The summed E-state index contributed by atoms with van der Waals surface area (Å²) in [5.41, 5.74) is -0.970. The van der Waals surface area contributed by atoms with Crippen LogP contribution < -0.4 is 10.1 Å². The number of ether oxygens (including phenoxy) is 1. The topological polar surface area (TPSA) is 86.3 Å². The van der Waals surface area contributed by atoms with Gasteiger partial charge in [0.15, 0.2) is 18.1 Å². The molecule has 0 aliphatic heterocycles.